The molecule has 7 nitrogen and oxygen atoms in total. The van der Waals surface area contributed by atoms with E-state index in [1.807, 2.05) is 52.3 Å². The Morgan fingerprint density at radius 3 is 2.66 bits per heavy atom. The first-order chi connectivity index (χ1) is 15.7. The summed E-state index contributed by atoms with van der Waals surface area (Å²) in [6.45, 7) is 2.54. The minimum absolute atomic E-state index is 0.114. The Morgan fingerprint density at radius 1 is 1.06 bits per heavy atom. The fourth-order valence-electron chi connectivity index (χ4n) is 4.80. The molecule has 1 aromatic carbocycles. The summed E-state index contributed by atoms with van der Waals surface area (Å²) in [5.74, 6) is 1.23. The van der Waals surface area contributed by atoms with Crippen LogP contribution in [0.1, 0.15) is 43.2 Å². The number of carbonyl (C=O) groups is 2. The molecule has 32 heavy (non-hydrogen) atoms. The second-order valence-corrected chi connectivity index (χ2v) is 8.77. The molecule has 4 heterocycles. The minimum Gasteiger partial charge on any atom is -0.440 e. The summed E-state index contributed by atoms with van der Waals surface area (Å²) >= 11 is 0. The molecule has 2 aliphatic rings. The molecular formula is C25H28N4O3. The van der Waals surface area contributed by atoms with Crippen LogP contribution in [0.25, 0.3) is 11.1 Å². The van der Waals surface area contributed by atoms with Crippen LogP contribution in [0.3, 0.4) is 0 Å². The number of nitrogens with zero attached hydrogens (tertiary/aromatic N) is 4. The highest BCUT2D eigenvalue weighted by molar-refractivity contribution is 5.84. The Morgan fingerprint density at radius 2 is 1.88 bits per heavy atom. The van der Waals surface area contributed by atoms with Gasteiger partial charge in [-0.15, -0.1) is 0 Å². The van der Waals surface area contributed by atoms with Crippen molar-refractivity contribution in [3.05, 3.63) is 60.2 Å². The third kappa shape index (κ3) is 4.38. The van der Waals surface area contributed by atoms with Crippen molar-refractivity contribution in [3.63, 3.8) is 0 Å². The molecule has 2 fully saturated rings. The van der Waals surface area contributed by atoms with E-state index in [9.17, 15) is 9.59 Å². The first-order valence-corrected chi connectivity index (χ1v) is 11.5. The van der Waals surface area contributed by atoms with Gasteiger partial charge in [0, 0.05) is 56.8 Å². The number of fused-ring (bicyclic) bond motifs is 1. The molecule has 0 spiro atoms. The summed E-state index contributed by atoms with van der Waals surface area (Å²) in [5.41, 5.74) is 2.67. The third-order valence-corrected chi connectivity index (χ3v) is 6.68. The molecule has 3 aromatic rings. The number of benzene rings is 1. The monoisotopic (exact) mass is 432 g/mol. The van der Waals surface area contributed by atoms with E-state index in [4.69, 9.17) is 4.42 Å². The maximum atomic E-state index is 13.2. The van der Waals surface area contributed by atoms with Gasteiger partial charge in [0.05, 0.1) is 5.92 Å². The zero-order valence-electron chi connectivity index (χ0n) is 18.2. The maximum Gasteiger partial charge on any atom is 0.227 e. The molecule has 0 saturated carbocycles. The molecule has 2 aliphatic heterocycles. The molecule has 7 heteroatoms. The normalized spacial score (nSPS) is 20.1. The topological polar surface area (TPSA) is 79.5 Å². The summed E-state index contributed by atoms with van der Waals surface area (Å²) in [6, 6.07) is 13.6. The summed E-state index contributed by atoms with van der Waals surface area (Å²) in [6.07, 6.45) is 5.27. The highest BCUT2D eigenvalue weighted by Gasteiger charge is 2.35. The third-order valence-electron chi connectivity index (χ3n) is 6.68. The van der Waals surface area contributed by atoms with Gasteiger partial charge in [-0.25, -0.2) is 4.98 Å². The van der Waals surface area contributed by atoms with Crippen molar-refractivity contribution in [2.45, 2.75) is 38.0 Å². The lowest BCUT2D eigenvalue weighted by atomic mass is 9.92. The van der Waals surface area contributed by atoms with Crippen molar-refractivity contribution in [2.24, 2.45) is 5.92 Å². The lowest BCUT2D eigenvalue weighted by molar-refractivity contribution is -0.143. The average molecular weight is 433 g/mol. The van der Waals surface area contributed by atoms with Gasteiger partial charge in [0.2, 0.25) is 11.8 Å². The predicted molar refractivity (Wildman–Crippen MR) is 120 cm³/mol. The summed E-state index contributed by atoms with van der Waals surface area (Å²) in [4.78, 5) is 38.4. The van der Waals surface area contributed by atoms with Crippen LogP contribution in [-0.4, -0.2) is 57.8 Å². The first kappa shape index (κ1) is 20.7. The van der Waals surface area contributed by atoms with Crippen LogP contribution in [0, 0.1) is 5.92 Å². The first-order valence-electron chi connectivity index (χ1n) is 11.5. The molecule has 0 radical (unpaired) electrons. The summed E-state index contributed by atoms with van der Waals surface area (Å²) < 4.78 is 5.94. The van der Waals surface area contributed by atoms with Gasteiger partial charge in [-0.1, -0.05) is 18.2 Å². The Balaban J connectivity index is 1.16. The lowest BCUT2D eigenvalue weighted by Gasteiger charge is -2.37. The standard InChI is InChI=1S/C25H28N4O3/c30-23-9-8-19(17-29(23)16-12-20-5-3-4-13-26-20)25(31)28-14-10-18(11-15-28)24-27-21-6-1-2-7-22(21)32-24/h1-7,13,18-19H,8-12,14-17H2. The number of aromatic nitrogens is 2. The highest BCUT2D eigenvalue weighted by Crippen LogP contribution is 2.31. The van der Waals surface area contributed by atoms with Crippen LogP contribution in [0.2, 0.25) is 0 Å². The van der Waals surface area contributed by atoms with E-state index >= 15 is 0 Å². The second-order valence-electron chi connectivity index (χ2n) is 8.77. The minimum atomic E-state index is -0.114. The van der Waals surface area contributed by atoms with Crippen LogP contribution in [0.15, 0.2) is 53.1 Å². The molecule has 1 atom stereocenters. The molecular weight excluding hydrogens is 404 g/mol. The molecule has 0 N–H and O–H groups in total. The van der Waals surface area contributed by atoms with Gasteiger partial charge in [-0.2, -0.15) is 0 Å². The largest absolute Gasteiger partial charge is 0.440 e. The van der Waals surface area contributed by atoms with E-state index < -0.39 is 0 Å². The van der Waals surface area contributed by atoms with Gasteiger partial charge < -0.3 is 14.2 Å². The molecule has 2 aromatic heterocycles. The van der Waals surface area contributed by atoms with E-state index in [1.54, 1.807) is 6.20 Å². The zero-order valence-corrected chi connectivity index (χ0v) is 18.2. The number of para-hydroxylation sites is 2. The number of hydrogen-bond acceptors (Lipinski definition) is 5. The number of amides is 2. The van der Waals surface area contributed by atoms with Gasteiger partial charge in [0.1, 0.15) is 5.52 Å². The molecule has 2 amide bonds. The SMILES string of the molecule is O=C1CCC(C(=O)N2CCC(c3nc4ccccc4o3)CC2)CN1CCc1ccccn1. The van der Waals surface area contributed by atoms with Crippen LogP contribution >= 0.6 is 0 Å². The number of oxazole rings is 1. The number of rotatable bonds is 5. The van der Waals surface area contributed by atoms with Gasteiger partial charge in [0.15, 0.2) is 11.5 Å². The van der Waals surface area contributed by atoms with Gasteiger partial charge in [-0.05, 0) is 43.5 Å². The van der Waals surface area contributed by atoms with E-state index in [0.29, 0.717) is 45.4 Å². The lowest BCUT2D eigenvalue weighted by Crippen LogP contribution is -2.49. The highest BCUT2D eigenvalue weighted by atomic mass is 16.3. The van der Waals surface area contributed by atoms with Crippen molar-refractivity contribution in [3.8, 4) is 0 Å². The van der Waals surface area contributed by atoms with Gasteiger partial charge >= 0.3 is 0 Å². The van der Waals surface area contributed by atoms with Crippen LogP contribution < -0.4 is 0 Å². The Labute approximate surface area is 187 Å². The Hall–Kier alpha value is -3.22. The molecule has 0 bridgehead atoms. The van der Waals surface area contributed by atoms with Crippen molar-refractivity contribution < 1.29 is 14.0 Å². The van der Waals surface area contributed by atoms with Crippen LogP contribution in [0.4, 0.5) is 0 Å². The van der Waals surface area contributed by atoms with Gasteiger partial charge in [-0.3, -0.25) is 14.6 Å². The van der Waals surface area contributed by atoms with Crippen molar-refractivity contribution in [1.29, 1.82) is 0 Å². The maximum absolute atomic E-state index is 13.2. The Kier molecular flexibility index (Phi) is 5.88. The number of piperidine rings is 2. The molecule has 166 valence electrons. The van der Waals surface area contributed by atoms with Gasteiger partial charge in [0.25, 0.3) is 0 Å². The number of likely N-dealkylation sites (tertiary alicyclic amines) is 2. The quantitative estimate of drug-likeness (QED) is 0.617. The molecule has 2 saturated heterocycles. The number of carbonyl (C=O) groups excluding carboxylic acids is 2. The average Bonchev–Trinajstić information content (AvgIpc) is 3.28. The predicted octanol–water partition coefficient (Wildman–Crippen LogP) is 3.41. The second kappa shape index (κ2) is 9.10. The fourth-order valence-corrected chi connectivity index (χ4v) is 4.80. The smallest absolute Gasteiger partial charge is 0.227 e. The number of pyridine rings is 1. The number of hydrogen-bond donors (Lipinski definition) is 0. The van der Waals surface area contributed by atoms with Crippen molar-refractivity contribution in [1.82, 2.24) is 19.8 Å². The van der Waals surface area contributed by atoms with Crippen molar-refractivity contribution in [2.75, 3.05) is 26.2 Å². The van der Waals surface area contributed by atoms with E-state index in [-0.39, 0.29) is 23.7 Å². The summed E-state index contributed by atoms with van der Waals surface area (Å²) in [7, 11) is 0. The zero-order chi connectivity index (χ0) is 21.9. The summed E-state index contributed by atoms with van der Waals surface area (Å²) in [5, 5.41) is 0. The molecule has 0 aliphatic carbocycles. The van der Waals surface area contributed by atoms with E-state index in [2.05, 4.69) is 9.97 Å². The van der Waals surface area contributed by atoms with E-state index in [1.165, 1.54) is 0 Å². The fraction of sp³-hybridized carbons (Fsp3) is 0.440. The Bertz CT molecular complexity index is 1060. The van der Waals surface area contributed by atoms with Crippen LogP contribution in [-0.2, 0) is 16.0 Å². The van der Waals surface area contributed by atoms with Crippen molar-refractivity contribution >= 4 is 22.9 Å². The van der Waals surface area contributed by atoms with Crippen LogP contribution in [0.5, 0.6) is 0 Å². The molecule has 1 unspecified atom stereocenters. The van der Waals surface area contributed by atoms with E-state index in [0.717, 1.165) is 35.5 Å². The molecule has 5 rings (SSSR count).